The molecule has 9 heteroatoms. The lowest BCUT2D eigenvalue weighted by Crippen LogP contribution is -2.49. The molecule has 3 aromatic rings. The molecular weight excluding hydrogens is 500 g/mol. The largest absolute Gasteiger partial charge is 0.465 e. The maximum Gasteiger partial charge on any atom is 0.407 e. The van der Waals surface area contributed by atoms with E-state index < -0.39 is 29.7 Å². The Morgan fingerprint density at radius 2 is 1.91 bits per heavy atom. The van der Waals surface area contributed by atoms with E-state index in [4.69, 9.17) is 9.47 Å². The summed E-state index contributed by atoms with van der Waals surface area (Å²) in [4.78, 5) is 28.2. The number of amides is 1. The Balaban J connectivity index is 1.95. The van der Waals surface area contributed by atoms with Crippen molar-refractivity contribution in [3.8, 4) is 6.07 Å². The molecule has 1 heterocycles. The lowest BCUT2D eigenvalue weighted by Gasteiger charge is -2.27. The van der Waals surface area contributed by atoms with Gasteiger partial charge in [-0.15, -0.1) is 0 Å². The van der Waals surface area contributed by atoms with Gasteiger partial charge in [-0.05, 0) is 66.9 Å². The lowest BCUT2D eigenvalue weighted by molar-refractivity contribution is 0.0501. The molecule has 0 fully saturated rings. The number of carbonyl (C=O) groups excluding carboxylic acids is 2. The Morgan fingerprint density at radius 1 is 1.18 bits per heavy atom. The zero-order valence-electron chi connectivity index (χ0n) is 19.4. The first kappa shape index (κ1) is 25.1. The number of anilines is 1. The lowest BCUT2D eigenvalue weighted by atomic mass is 9.99. The average Bonchev–Trinajstić information content (AvgIpc) is 3.18. The molecule has 0 radical (unpaired) electrons. The number of hydrogen-bond acceptors (Lipinski definition) is 6. The third kappa shape index (κ3) is 6.08. The number of hydrogen-bond donors (Lipinski definition) is 3. The van der Waals surface area contributed by atoms with Crippen LogP contribution < -0.4 is 10.6 Å². The Morgan fingerprint density at radius 3 is 2.59 bits per heavy atom. The summed E-state index contributed by atoms with van der Waals surface area (Å²) in [6.45, 7) is 5.31. The number of para-hydroxylation sites is 1. The van der Waals surface area contributed by atoms with E-state index in [2.05, 4.69) is 37.6 Å². The molecule has 0 aliphatic heterocycles. The van der Waals surface area contributed by atoms with E-state index in [-0.39, 0.29) is 5.56 Å². The number of ether oxygens (including phenoxy) is 2. The first-order valence-corrected chi connectivity index (χ1v) is 11.5. The van der Waals surface area contributed by atoms with Gasteiger partial charge in [0.2, 0.25) is 0 Å². The fourth-order valence-corrected chi connectivity index (χ4v) is 4.12. The number of aromatic amines is 1. The molecule has 8 nitrogen and oxygen atoms in total. The monoisotopic (exact) mass is 526 g/mol. The number of halogens is 1. The third-order valence-corrected chi connectivity index (χ3v) is 5.73. The highest BCUT2D eigenvalue weighted by molar-refractivity contribution is 9.10. The van der Waals surface area contributed by atoms with Gasteiger partial charge in [0.15, 0.2) is 0 Å². The number of fused-ring (bicyclic) bond motifs is 1. The van der Waals surface area contributed by atoms with Crippen LogP contribution in [0.3, 0.4) is 0 Å². The molecule has 2 atom stereocenters. The summed E-state index contributed by atoms with van der Waals surface area (Å²) in [5.74, 6) is -0.556. The topological polar surface area (TPSA) is 116 Å². The predicted molar refractivity (Wildman–Crippen MR) is 134 cm³/mol. The van der Waals surface area contributed by atoms with Crippen LogP contribution in [0.2, 0.25) is 0 Å². The summed E-state index contributed by atoms with van der Waals surface area (Å²) in [6.07, 6.45) is 1.57. The van der Waals surface area contributed by atoms with Gasteiger partial charge >= 0.3 is 12.1 Å². The molecule has 0 saturated heterocycles. The number of H-pyrrole nitrogens is 1. The number of methoxy groups -OCH3 is 1. The summed E-state index contributed by atoms with van der Waals surface area (Å²) in [6, 6.07) is 13.6. The van der Waals surface area contributed by atoms with E-state index in [1.54, 1.807) is 39.0 Å². The molecule has 2 aromatic carbocycles. The number of nitrogens with one attached hydrogen (secondary N) is 3. The minimum atomic E-state index is -0.890. The second kappa shape index (κ2) is 10.6. The SMILES string of the molecule is COC(=O)c1c(Br)cccc1NC(C#N)C(Cc1c[nH]c2ccccc12)NC(=O)OC(C)(C)C. The highest BCUT2D eigenvalue weighted by atomic mass is 79.9. The van der Waals surface area contributed by atoms with Gasteiger partial charge < -0.3 is 25.1 Å². The van der Waals surface area contributed by atoms with E-state index >= 15 is 0 Å². The standard InChI is InChI=1S/C25H27BrN4O4/c1-25(2,3)34-24(32)30-20(12-15-14-28-18-10-6-5-8-16(15)18)21(13-27)29-19-11-7-9-17(26)22(19)23(31)33-4/h5-11,14,20-21,28-29H,12H2,1-4H3,(H,30,32). The Bertz CT molecular complexity index is 1230. The number of nitriles is 1. The van der Waals surface area contributed by atoms with Crippen LogP contribution in [0.5, 0.6) is 0 Å². The first-order chi connectivity index (χ1) is 16.1. The van der Waals surface area contributed by atoms with Crippen molar-refractivity contribution in [1.82, 2.24) is 10.3 Å². The Labute approximate surface area is 206 Å². The van der Waals surface area contributed by atoms with Gasteiger partial charge in [-0.3, -0.25) is 0 Å². The van der Waals surface area contributed by atoms with Gasteiger partial charge in [-0.1, -0.05) is 24.3 Å². The molecule has 0 spiro atoms. The highest BCUT2D eigenvalue weighted by Gasteiger charge is 2.29. The molecule has 2 unspecified atom stereocenters. The van der Waals surface area contributed by atoms with E-state index in [0.29, 0.717) is 16.6 Å². The Hall–Kier alpha value is -3.51. The van der Waals surface area contributed by atoms with Crippen LogP contribution in [0.1, 0.15) is 36.7 Å². The Kier molecular flexibility index (Phi) is 7.84. The fourth-order valence-electron chi connectivity index (χ4n) is 3.59. The maximum absolute atomic E-state index is 12.6. The van der Waals surface area contributed by atoms with Crippen molar-refractivity contribution >= 4 is 44.6 Å². The van der Waals surface area contributed by atoms with E-state index in [9.17, 15) is 14.9 Å². The molecule has 3 rings (SSSR count). The number of esters is 1. The van der Waals surface area contributed by atoms with Crippen molar-refractivity contribution in [3.05, 3.63) is 64.3 Å². The van der Waals surface area contributed by atoms with Crippen LogP contribution >= 0.6 is 15.9 Å². The number of alkyl carbamates (subject to hydrolysis) is 1. The summed E-state index contributed by atoms with van der Waals surface area (Å²) in [5, 5.41) is 17.0. The highest BCUT2D eigenvalue weighted by Crippen LogP contribution is 2.27. The zero-order chi connectivity index (χ0) is 24.9. The molecule has 0 aliphatic carbocycles. The molecule has 34 heavy (non-hydrogen) atoms. The summed E-state index contributed by atoms with van der Waals surface area (Å²) < 4.78 is 10.9. The van der Waals surface area contributed by atoms with Gasteiger partial charge in [-0.25, -0.2) is 9.59 Å². The molecule has 0 aliphatic rings. The van der Waals surface area contributed by atoms with Gasteiger partial charge in [-0.2, -0.15) is 5.26 Å². The molecule has 0 saturated carbocycles. The summed E-state index contributed by atoms with van der Waals surface area (Å²) in [7, 11) is 1.29. The number of benzene rings is 2. The quantitative estimate of drug-likeness (QED) is 0.366. The average molecular weight is 527 g/mol. The molecular formula is C25H27BrN4O4. The number of carbonyl (C=O) groups is 2. The van der Waals surface area contributed by atoms with Crippen LogP contribution in [0.15, 0.2) is 53.1 Å². The minimum Gasteiger partial charge on any atom is -0.465 e. The van der Waals surface area contributed by atoms with E-state index in [0.717, 1.165) is 16.5 Å². The van der Waals surface area contributed by atoms with Crippen LogP contribution in [0.4, 0.5) is 10.5 Å². The maximum atomic E-state index is 12.6. The van der Waals surface area contributed by atoms with Crippen molar-refractivity contribution < 1.29 is 19.1 Å². The predicted octanol–water partition coefficient (Wildman–Crippen LogP) is 5.16. The van der Waals surface area contributed by atoms with Gasteiger partial charge in [0, 0.05) is 21.6 Å². The van der Waals surface area contributed by atoms with Crippen LogP contribution in [0, 0.1) is 11.3 Å². The smallest absolute Gasteiger partial charge is 0.407 e. The van der Waals surface area contributed by atoms with E-state index in [1.165, 1.54) is 7.11 Å². The summed E-state index contributed by atoms with van der Waals surface area (Å²) >= 11 is 3.37. The van der Waals surface area contributed by atoms with Gasteiger partial charge in [0.05, 0.1) is 30.5 Å². The minimum absolute atomic E-state index is 0.258. The van der Waals surface area contributed by atoms with Crippen molar-refractivity contribution in [2.75, 3.05) is 12.4 Å². The van der Waals surface area contributed by atoms with Crippen LogP contribution in [-0.4, -0.2) is 41.8 Å². The number of rotatable bonds is 7. The fraction of sp³-hybridized carbons (Fsp3) is 0.320. The van der Waals surface area contributed by atoms with Gasteiger partial charge in [0.1, 0.15) is 11.6 Å². The number of aromatic nitrogens is 1. The van der Waals surface area contributed by atoms with Crippen molar-refractivity contribution in [2.45, 2.75) is 44.9 Å². The third-order valence-electron chi connectivity index (χ3n) is 5.07. The molecule has 1 amide bonds. The first-order valence-electron chi connectivity index (χ1n) is 10.7. The second-order valence-electron chi connectivity index (χ2n) is 8.72. The molecule has 3 N–H and O–H groups in total. The van der Waals surface area contributed by atoms with Gasteiger partial charge in [0.25, 0.3) is 0 Å². The molecule has 1 aromatic heterocycles. The van der Waals surface area contributed by atoms with Crippen molar-refractivity contribution in [3.63, 3.8) is 0 Å². The van der Waals surface area contributed by atoms with Crippen molar-refractivity contribution in [2.24, 2.45) is 0 Å². The van der Waals surface area contributed by atoms with Crippen LogP contribution in [0.25, 0.3) is 10.9 Å². The van der Waals surface area contributed by atoms with Crippen molar-refractivity contribution in [1.29, 1.82) is 5.26 Å². The molecule has 178 valence electrons. The van der Waals surface area contributed by atoms with Crippen LogP contribution in [-0.2, 0) is 15.9 Å². The number of nitrogens with zero attached hydrogens (tertiary/aromatic N) is 1. The zero-order valence-corrected chi connectivity index (χ0v) is 21.0. The summed E-state index contributed by atoms with van der Waals surface area (Å²) in [5.41, 5.74) is 1.85. The second-order valence-corrected chi connectivity index (χ2v) is 9.58. The molecule has 0 bridgehead atoms. The van der Waals surface area contributed by atoms with E-state index in [1.807, 2.05) is 30.5 Å². The normalized spacial score (nSPS) is 12.9.